The lowest BCUT2D eigenvalue weighted by atomic mass is 9.85. The lowest BCUT2D eigenvalue weighted by Crippen LogP contribution is -2.31. The Hall–Kier alpha value is -0.900. The van der Waals surface area contributed by atoms with Crippen LogP contribution in [0.2, 0.25) is 0 Å². The van der Waals surface area contributed by atoms with Gasteiger partial charge in [0.2, 0.25) is 0 Å². The SMILES string of the molecule is Cn1cnnc1CCNC1CCCC(C)(C)CC1. The van der Waals surface area contributed by atoms with Crippen LogP contribution >= 0.6 is 0 Å². The third-order valence-corrected chi connectivity index (χ3v) is 4.16. The molecule has 1 aromatic heterocycles. The summed E-state index contributed by atoms with van der Waals surface area (Å²) < 4.78 is 2.00. The van der Waals surface area contributed by atoms with Crippen molar-refractivity contribution in [2.24, 2.45) is 12.5 Å². The Kier molecular flexibility index (Phi) is 4.38. The van der Waals surface area contributed by atoms with E-state index in [1.165, 1.54) is 32.1 Å². The first-order chi connectivity index (χ1) is 8.57. The molecule has 1 atom stereocenters. The minimum Gasteiger partial charge on any atom is -0.321 e. The highest BCUT2D eigenvalue weighted by Gasteiger charge is 2.23. The Morgan fingerprint density at radius 2 is 2.22 bits per heavy atom. The zero-order valence-corrected chi connectivity index (χ0v) is 11.9. The molecular formula is C14H26N4. The van der Waals surface area contributed by atoms with Crippen LogP contribution in [0.3, 0.4) is 0 Å². The number of rotatable bonds is 4. The maximum atomic E-state index is 4.11. The van der Waals surface area contributed by atoms with Gasteiger partial charge in [-0.05, 0) is 31.1 Å². The maximum absolute atomic E-state index is 4.11. The monoisotopic (exact) mass is 250 g/mol. The average molecular weight is 250 g/mol. The quantitative estimate of drug-likeness (QED) is 0.834. The molecule has 1 aliphatic rings. The van der Waals surface area contributed by atoms with Crippen LogP contribution in [0.15, 0.2) is 6.33 Å². The van der Waals surface area contributed by atoms with Crippen molar-refractivity contribution in [2.75, 3.05) is 6.54 Å². The lowest BCUT2D eigenvalue weighted by Gasteiger charge is -2.22. The third-order valence-electron chi connectivity index (χ3n) is 4.16. The van der Waals surface area contributed by atoms with Crippen molar-refractivity contribution < 1.29 is 0 Å². The predicted molar refractivity (Wildman–Crippen MR) is 73.4 cm³/mol. The van der Waals surface area contributed by atoms with Crippen molar-refractivity contribution in [3.05, 3.63) is 12.2 Å². The highest BCUT2D eigenvalue weighted by Crippen LogP contribution is 2.33. The van der Waals surface area contributed by atoms with Gasteiger partial charge in [-0.3, -0.25) is 0 Å². The van der Waals surface area contributed by atoms with E-state index in [0.29, 0.717) is 11.5 Å². The van der Waals surface area contributed by atoms with Crippen LogP contribution in [0.1, 0.15) is 51.8 Å². The summed E-state index contributed by atoms with van der Waals surface area (Å²) in [6.07, 6.45) is 9.44. The summed E-state index contributed by atoms with van der Waals surface area (Å²) in [7, 11) is 2.00. The summed E-state index contributed by atoms with van der Waals surface area (Å²) in [4.78, 5) is 0. The molecule has 2 rings (SSSR count). The fourth-order valence-electron chi connectivity index (χ4n) is 2.79. The molecule has 0 aliphatic heterocycles. The van der Waals surface area contributed by atoms with Crippen LogP contribution in [0.25, 0.3) is 0 Å². The molecule has 102 valence electrons. The molecule has 1 saturated carbocycles. The highest BCUT2D eigenvalue weighted by molar-refractivity contribution is 4.86. The van der Waals surface area contributed by atoms with Crippen molar-refractivity contribution in [1.29, 1.82) is 0 Å². The van der Waals surface area contributed by atoms with Crippen LogP contribution < -0.4 is 5.32 Å². The van der Waals surface area contributed by atoms with E-state index in [0.717, 1.165) is 18.8 Å². The van der Waals surface area contributed by atoms with E-state index >= 15 is 0 Å². The second-order valence-corrected chi connectivity index (χ2v) is 6.35. The van der Waals surface area contributed by atoms with Gasteiger partial charge in [-0.1, -0.05) is 20.3 Å². The van der Waals surface area contributed by atoms with Crippen LogP contribution in [0.4, 0.5) is 0 Å². The van der Waals surface area contributed by atoms with E-state index in [9.17, 15) is 0 Å². The van der Waals surface area contributed by atoms with E-state index in [1.54, 1.807) is 6.33 Å². The van der Waals surface area contributed by atoms with Gasteiger partial charge in [0.25, 0.3) is 0 Å². The Bertz CT molecular complexity index is 370. The Labute approximate surface area is 110 Å². The van der Waals surface area contributed by atoms with Gasteiger partial charge in [-0.25, -0.2) is 0 Å². The molecule has 0 spiro atoms. The molecule has 4 nitrogen and oxygen atoms in total. The number of hydrogen-bond acceptors (Lipinski definition) is 3. The second kappa shape index (κ2) is 5.83. The molecule has 0 bridgehead atoms. The average Bonchev–Trinajstić information content (AvgIpc) is 2.62. The smallest absolute Gasteiger partial charge is 0.133 e. The van der Waals surface area contributed by atoms with Gasteiger partial charge in [0.05, 0.1) is 0 Å². The van der Waals surface area contributed by atoms with E-state index in [2.05, 4.69) is 29.4 Å². The number of hydrogen-bond donors (Lipinski definition) is 1. The Morgan fingerprint density at radius 1 is 1.39 bits per heavy atom. The molecule has 0 radical (unpaired) electrons. The minimum atomic E-state index is 0.542. The first-order valence-corrected chi connectivity index (χ1v) is 7.13. The summed E-state index contributed by atoms with van der Waals surface area (Å²) in [5.41, 5.74) is 0.542. The number of aryl methyl sites for hydroxylation is 1. The zero-order valence-electron chi connectivity index (χ0n) is 11.9. The van der Waals surface area contributed by atoms with Crippen LogP contribution in [-0.2, 0) is 13.5 Å². The first-order valence-electron chi connectivity index (χ1n) is 7.13. The molecule has 18 heavy (non-hydrogen) atoms. The molecule has 0 amide bonds. The summed E-state index contributed by atoms with van der Waals surface area (Å²) >= 11 is 0. The Morgan fingerprint density at radius 3 is 2.94 bits per heavy atom. The van der Waals surface area contributed by atoms with Crippen LogP contribution in [0.5, 0.6) is 0 Å². The molecule has 1 unspecified atom stereocenters. The summed E-state index contributed by atoms with van der Waals surface area (Å²) in [6, 6.07) is 0.694. The van der Waals surface area contributed by atoms with Gasteiger partial charge >= 0.3 is 0 Å². The van der Waals surface area contributed by atoms with E-state index in [4.69, 9.17) is 0 Å². The number of nitrogens with one attached hydrogen (secondary N) is 1. The molecule has 1 heterocycles. The van der Waals surface area contributed by atoms with Gasteiger partial charge < -0.3 is 9.88 Å². The van der Waals surface area contributed by atoms with Gasteiger partial charge in [0.15, 0.2) is 0 Å². The van der Waals surface area contributed by atoms with Gasteiger partial charge in [0, 0.05) is 26.1 Å². The molecule has 1 aromatic rings. The Balaban J connectivity index is 1.72. The molecule has 1 fully saturated rings. The van der Waals surface area contributed by atoms with Crippen molar-refractivity contribution in [3.63, 3.8) is 0 Å². The zero-order chi connectivity index (χ0) is 13.0. The molecule has 1 N–H and O–H groups in total. The van der Waals surface area contributed by atoms with E-state index in [1.807, 2.05) is 11.6 Å². The van der Waals surface area contributed by atoms with Crippen LogP contribution in [0, 0.1) is 5.41 Å². The van der Waals surface area contributed by atoms with Gasteiger partial charge in [-0.15, -0.1) is 10.2 Å². The molecule has 0 aromatic carbocycles. The molecule has 1 aliphatic carbocycles. The normalized spacial score (nSPS) is 23.8. The predicted octanol–water partition coefficient (Wildman–Crippen LogP) is 2.31. The largest absolute Gasteiger partial charge is 0.321 e. The molecule has 0 saturated heterocycles. The fourth-order valence-corrected chi connectivity index (χ4v) is 2.79. The van der Waals surface area contributed by atoms with E-state index in [-0.39, 0.29) is 0 Å². The minimum absolute atomic E-state index is 0.542. The van der Waals surface area contributed by atoms with Crippen molar-refractivity contribution in [1.82, 2.24) is 20.1 Å². The van der Waals surface area contributed by atoms with Crippen molar-refractivity contribution in [2.45, 2.75) is 58.4 Å². The standard InChI is InChI=1S/C14H26N4/c1-14(2)8-4-5-12(6-9-14)15-10-7-13-17-16-11-18(13)3/h11-12,15H,4-10H2,1-3H3. The molecule has 4 heteroatoms. The van der Waals surface area contributed by atoms with Crippen molar-refractivity contribution >= 4 is 0 Å². The first kappa shape index (κ1) is 13.5. The van der Waals surface area contributed by atoms with E-state index < -0.39 is 0 Å². The van der Waals surface area contributed by atoms with Crippen LogP contribution in [-0.4, -0.2) is 27.4 Å². The number of nitrogens with zero attached hydrogens (tertiary/aromatic N) is 3. The second-order valence-electron chi connectivity index (χ2n) is 6.35. The maximum Gasteiger partial charge on any atom is 0.133 e. The highest BCUT2D eigenvalue weighted by atomic mass is 15.2. The summed E-state index contributed by atoms with van der Waals surface area (Å²) in [5, 5.41) is 11.7. The summed E-state index contributed by atoms with van der Waals surface area (Å²) in [5.74, 6) is 1.07. The topological polar surface area (TPSA) is 42.7 Å². The fraction of sp³-hybridized carbons (Fsp3) is 0.857. The van der Waals surface area contributed by atoms with Gasteiger partial charge in [0.1, 0.15) is 12.2 Å². The van der Waals surface area contributed by atoms with Crippen molar-refractivity contribution in [3.8, 4) is 0 Å². The lowest BCUT2D eigenvalue weighted by molar-refractivity contribution is 0.310. The third kappa shape index (κ3) is 3.80. The molecular weight excluding hydrogens is 224 g/mol. The van der Waals surface area contributed by atoms with Gasteiger partial charge in [-0.2, -0.15) is 0 Å². The number of aromatic nitrogens is 3. The summed E-state index contributed by atoms with van der Waals surface area (Å²) in [6.45, 7) is 5.81.